The third kappa shape index (κ3) is 4.18. The molecule has 1 aliphatic heterocycles. The average Bonchev–Trinajstić information content (AvgIpc) is 2.42. The predicted molar refractivity (Wildman–Crippen MR) is 73.5 cm³/mol. The molecule has 0 radical (unpaired) electrons. The van der Waals surface area contributed by atoms with E-state index in [0.29, 0.717) is 30.2 Å². The molecule has 0 spiro atoms. The molecule has 1 aliphatic rings. The number of aliphatic hydroxyl groups excluding tert-OH is 1. The van der Waals surface area contributed by atoms with Crippen LogP contribution in [0.5, 0.6) is 0 Å². The van der Waals surface area contributed by atoms with Crippen LogP contribution in [0.25, 0.3) is 0 Å². The summed E-state index contributed by atoms with van der Waals surface area (Å²) in [5, 5.41) is 9.51. The summed E-state index contributed by atoms with van der Waals surface area (Å²) in [7, 11) is 0. The first-order chi connectivity index (χ1) is 9.56. The predicted octanol–water partition coefficient (Wildman–Crippen LogP) is 2.43. The number of carbonyl (C=O) groups excluding carboxylic acids is 1. The number of β-amino-alcohol motifs (C(OH)–C–C–N with tert-alkyl or cyclic N) is 1. The summed E-state index contributed by atoms with van der Waals surface area (Å²) in [5.41, 5.74) is 0. The summed E-state index contributed by atoms with van der Waals surface area (Å²) in [5.74, 6) is -1.23. The largest absolute Gasteiger partial charge is 0.391 e. The Kier molecular flexibility index (Phi) is 5.37. The van der Waals surface area contributed by atoms with Crippen molar-refractivity contribution in [2.75, 3.05) is 18.8 Å². The van der Waals surface area contributed by atoms with E-state index in [1.54, 1.807) is 4.90 Å². The molecule has 1 N–H and O–H groups in total. The van der Waals surface area contributed by atoms with Gasteiger partial charge in [-0.15, -0.1) is 11.8 Å². The van der Waals surface area contributed by atoms with E-state index in [9.17, 15) is 18.7 Å². The summed E-state index contributed by atoms with van der Waals surface area (Å²) >= 11 is 1.32. The molecule has 0 saturated carbocycles. The lowest BCUT2D eigenvalue weighted by atomic mass is 10.1. The van der Waals surface area contributed by atoms with Gasteiger partial charge >= 0.3 is 0 Å². The number of benzene rings is 1. The van der Waals surface area contributed by atoms with Crippen LogP contribution in [0.4, 0.5) is 8.78 Å². The van der Waals surface area contributed by atoms with Crippen LogP contribution in [0.1, 0.15) is 19.3 Å². The van der Waals surface area contributed by atoms with Gasteiger partial charge in [0.15, 0.2) is 11.6 Å². The van der Waals surface area contributed by atoms with Gasteiger partial charge < -0.3 is 10.0 Å². The fourth-order valence-electron chi connectivity index (χ4n) is 2.16. The van der Waals surface area contributed by atoms with Crippen molar-refractivity contribution in [1.82, 2.24) is 4.90 Å². The van der Waals surface area contributed by atoms with E-state index in [4.69, 9.17) is 0 Å². The van der Waals surface area contributed by atoms with Gasteiger partial charge in [-0.3, -0.25) is 4.79 Å². The quantitative estimate of drug-likeness (QED) is 0.868. The normalized spacial score (nSPS) is 19.1. The molecule has 1 aromatic rings. The van der Waals surface area contributed by atoms with Gasteiger partial charge in [-0.05, 0) is 31.0 Å². The van der Waals surface area contributed by atoms with Crippen LogP contribution in [0, 0.1) is 11.6 Å². The number of aliphatic hydroxyl groups is 1. The van der Waals surface area contributed by atoms with E-state index in [1.165, 1.54) is 17.8 Å². The van der Waals surface area contributed by atoms with Crippen LogP contribution in [0.15, 0.2) is 23.1 Å². The molecule has 110 valence electrons. The number of hydrogen-bond donors (Lipinski definition) is 1. The number of halogens is 2. The molecule has 1 heterocycles. The minimum Gasteiger partial charge on any atom is -0.391 e. The third-order valence-electron chi connectivity index (χ3n) is 3.22. The molecule has 0 aliphatic carbocycles. The molecule has 1 saturated heterocycles. The van der Waals surface area contributed by atoms with Crippen molar-refractivity contribution in [2.45, 2.75) is 30.3 Å². The third-order valence-corrected chi connectivity index (χ3v) is 4.22. The topological polar surface area (TPSA) is 40.5 Å². The maximum absolute atomic E-state index is 13.0. The Morgan fingerprint density at radius 2 is 2.20 bits per heavy atom. The zero-order valence-corrected chi connectivity index (χ0v) is 11.8. The van der Waals surface area contributed by atoms with E-state index in [1.807, 2.05) is 0 Å². The monoisotopic (exact) mass is 301 g/mol. The average molecular weight is 301 g/mol. The van der Waals surface area contributed by atoms with E-state index in [-0.39, 0.29) is 5.91 Å². The molecule has 1 amide bonds. The second-order valence-corrected chi connectivity index (χ2v) is 5.98. The molecular weight excluding hydrogens is 284 g/mol. The highest BCUT2D eigenvalue weighted by Crippen LogP contribution is 2.21. The molecule has 1 fully saturated rings. The summed E-state index contributed by atoms with van der Waals surface area (Å²) < 4.78 is 25.8. The highest BCUT2D eigenvalue weighted by Gasteiger charge is 2.21. The summed E-state index contributed by atoms with van der Waals surface area (Å²) in [6.45, 7) is 1.08. The van der Waals surface area contributed by atoms with Crippen LogP contribution in [-0.4, -0.2) is 40.9 Å². The second kappa shape index (κ2) is 7.04. The van der Waals surface area contributed by atoms with Gasteiger partial charge in [0.1, 0.15) is 0 Å². The maximum atomic E-state index is 13.0. The van der Waals surface area contributed by atoms with Crippen molar-refractivity contribution in [3.63, 3.8) is 0 Å². The van der Waals surface area contributed by atoms with Crippen LogP contribution >= 0.6 is 11.8 Å². The Labute approximate surface area is 121 Å². The van der Waals surface area contributed by atoms with Crippen LogP contribution in [0.3, 0.4) is 0 Å². The van der Waals surface area contributed by atoms with Gasteiger partial charge in [0.25, 0.3) is 0 Å². The Morgan fingerprint density at radius 3 is 2.90 bits per heavy atom. The van der Waals surface area contributed by atoms with Crippen molar-refractivity contribution in [2.24, 2.45) is 0 Å². The summed E-state index contributed by atoms with van der Waals surface area (Å²) in [6, 6.07) is 3.72. The van der Waals surface area contributed by atoms with Gasteiger partial charge in [-0.25, -0.2) is 8.78 Å². The van der Waals surface area contributed by atoms with Crippen molar-refractivity contribution in [3.05, 3.63) is 29.8 Å². The molecule has 2 rings (SSSR count). The van der Waals surface area contributed by atoms with E-state index in [0.717, 1.165) is 25.0 Å². The number of hydrogen-bond acceptors (Lipinski definition) is 3. The fourth-order valence-corrected chi connectivity index (χ4v) is 3.03. The van der Waals surface area contributed by atoms with Crippen molar-refractivity contribution in [1.29, 1.82) is 0 Å². The van der Waals surface area contributed by atoms with Gasteiger partial charge in [0.05, 0.1) is 6.10 Å². The summed E-state index contributed by atoms with van der Waals surface area (Å²) in [6.07, 6.45) is 1.47. The number of rotatable bonds is 4. The lowest BCUT2D eigenvalue weighted by Gasteiger charge is -2.30. The smallest absolute Gasteiger partial charge is 0.223 e. The van der Waals surface area contributed by atoms with Crippen LogP contribution < -0.4 is 0 Å². The number of carbonyl (C=O) groups is 1. The van der Waals surface area contributed by atoms with E-state index >= 15 is 0 Å². The van der Waals surface area contributed by atoms with Gasteiger partial charge in [0.2, 0.25) is 5.91 Å². The number of amides is 1. The van der Waals surface area contributed by atoms with E-state index in [2.05, 4.69) is 0 Å². The Morgan fingerprint density at radius 1 is 1.40 bits per heavy atom. The number of piperidine rings is 1. The molecule has 0 aromatic heterocycles. The van der Waals surface area contributed by atoms with Gasteiger partial charge in [-0.2, -0.15) is 0 Å². The van der Waals surface area contributed by atoms with E-state index < -0.39 is 17.7 Å². The SMILES string of the molecule is O=C(CCSc1ccc(F)c(F)c1)N1CCC[C@H](O)C1. The lowest BCUT2D eigenvalue weighted by Crippen LogP contribution is -2.42. The molecule has 1 aromatic carbocycles. The Hall–Kier alpha value is -1.14. The Balaban J connectivity index is 1.77. The minimum absolute atomic E-state index is 0.00108. The first-order valence-corrected chi connectivity index (χ1v) is 7.58. The molecule has 0 bridgehead atoms. The van der Waals surface area contributed by atoms with Gasteiger partial charge in [0, 0.05) is 30.2 Å². The zero-order valence-electron chi connectivity index (χ0n) is 11.0. The molecule has 0 unspecified atom stereocenters. The molecule has 1 atom stereocenters. The lowest BCUT2D eigenvalue weighted by molar-refractivity contribution is -0.133. The highest BCUT2D eigenvalue weighted by atomic mass is 32.2. The molecule has 20 heavy (non-hydrogen) atoms. The van der Waals surface area contributed by atoms with Crippen LogP contribution in [-0.2, 0) is 4.79 Å². The second-order valence-electron chi connectivity index (χ2n) is 4.81. The standard InChI is InChI=1S/C14H17F2NO2S/c15-12-4-3-11(8-13(12)16)20-7-5-14(19)17-6-1-2-10(18)9-17/h3-4,8,10,18H,1-2,5-7,9H2/t10-/m0/s1. The van der Waals surface area contributed by atoms with Crippen molar-refractivity contribution in [3.8, 4) is 0 Å². The summed E-state index contributed by atoms with van der Waals surface area (Å²) in [4.78, 5) is 14.2. The molecular formula is C14H17F2NO2S. The first-order valence-electron chi connectivity index (χ1n) is 6.60. The van der Waals surface area contributed by atoms with Gasteiger partial charge in [-0.1, -0.05) is 0 Å². The number of nitrogens with zero attached hydrogens (tertiary/aromatic N) is 1. The minimum atomic E-state index is -0.875. The number of thioether (sulfide) groups is 1. The first kappa shape index (κ1) is 15.3. The zero-order chi connectivity index (χ0) is 14.5. The fraction of sp³-hybridized carbons (Fsp3) is 0.500. The highest BCUT2D eigenvalue weighted by molar-refractivity contribution is 7.99. The number of likely N-dealkylation sites (tertiary alicyclic amines) is 1. The molecule has 3 nitrogen and oxygen atoms in total. The van der Waals surface area contributed by atoms with Crippen molar-refractivity contribution < 1.29 is 18.7 Å². The van der Waals surface area contributed by atoms with Crippen molar-refractivity contribution >= 4 is 17.7 Å². The Bertz CT molecular complexity index is 484. The maximum Gasteiger partial charge on any atom is 0.223 e. The molecule has 6 heteroatoms. The van der Waals surface area contributed by atoms with Crippen LogP contribution in [0.2, 0.25) is 0 Å².